The molecule has 6 nitrogen and oxygen atoms in total. The van der Waals surface area contributed by atoms with Crippen LogP contribution in [-0.2, 0) is 24.2 Å². The van der Waals surface area contributed by atoms with E-state index in [0.29, 0.717) is 35.8 Å². The molecule has 1 heterocycles. The summed E-state index contributed by atoms with van der Waals surface area (Å²) in [7, 11) is 3.63. The highest BCUT2D eigenvalue weighted by Crippen LogP contribution is 2.30. The Balaban J connectivity index is 1.81. The average Bonchev–Trinajstić information content (AvgIpc) is 2.85. The van der Waals surface area contributed by atoms with Crippen molar-refractivity contribution in [2.24, 2.45) is 0 Å². The Morgan fingerprint density at radius 1 is 1.05 bits per heavy atom. The van der Waals surface area contributed by atoms with Crippen LogP contribution in [0.1, 0.15) is 60.9 Å². The number of nitrogens with zero attached hydrogens (tertiary/aromatic N) is 2. The molecule has 8 heteroatoms. The molecule has 0 aliphatic heterocycles. The molecule has 3 rings (SSSR count). The van der Waals surface area contributed by atoms with Crippen LogP contribution in [0.3, 0.4) is 0 Å². The molecule has 0 bridgehead atoms. The molecule has 1 aromatic heterocycles. The molecule has 0 aliphatic rings. The Kier molecular flexibility index (Phi) is 9.46. The Bertz CT molecular complexity index is 1300. The van der Waals surface area contributed by atoms with E-state index in [1.165, 1.54) is 6.07 Å². The first kappa shape index (κ1) is 28.8. The lowest BCUT2D eigenvalue weighted by Gasteiger charge is -2.28. The lowest BCUT2D eigenvalue weighted by molar-refractivity contribution is 0.00695. The summed E-state index contributed by atoms with van der Waals surface area (Å²) in [6, 6.07) is 16.6. The van der Waals surface area contributed by atoms with E-state index in [4.69, 9.17) is 32.7 Å². The number of hydrogen-bond donors (Lipinski definition) is 0. The SMILES string of the molecule is COc1ccccc1[C@H](C)N(C)Cc1c(Cl)cc(Cl)c(=O)n1CCc1ccc(C(=O)OC(C)(C)C)cc1. The maximum atomic E-state index is 13.0. The van der Waals surface area contributed by atoms with Crippen LogP contribution in [-0.4, -0.2) is 35.2 Å². The fourth-order valence-corrected chi connectivity index (χ4v) is 4.58. The van der Waals surface area contributed by atoms with Gasteiger partial charge in [0, 0.05) is 24.7 Å². The van der Waals surface area contributed by atoms with Crippen LogP contribution in [0, 0.1) is 0 Å². The van der Waals surface area contributed by atoms with Crippen LogP contribution < -0.4 is 10.3 Å². The molecular weight excluding hydrogens is 511 g/mol. The van der Waals surface area contributed by atoms with Gasteiger partial charge < -0.3 is 14.0 Å². The number of para-hydroxylation sites is 1. The van der Waals surface area contributed by atoms with Gasteiger partial charge in [0.2, 0.25) is 0 Å². The summed E-state index contributed by atoms with van der Waals surface area (Å²) in [4.78, 5) is 27.4. The molecule has 0 N–H and O–H groups in total. The second-order valence-electron chi connectivity index (χ2n) is 10.0. The van der Waals surface area contributed by atoms with Crippen LogP contribution in [0.2, 0.25) is 10.0 Å². The summed E-state index contributed by atoms with van der Waals surface area (Å²) in [5.41, 5.74) is 2.33. The number of rotatable bonds is 9. The van der Waals surface area contributed by atoms with Gasteiger partial charge in [0.05, 0.1) is 23.4 Å². The normalized spacial score (nSPS) is 12.5. The van der Waals surface area contributed by atoms with E-state index >= 15 is 0 Å². The summed E-state index contributed by atoms with van der Waals surface area (Å²) in [6.07, 6.45) is 0.559. The third-order valence-corrected chi connectivity index (χ3v) is 6.76. The number of aryl methyl sites for hydroxylation is 1. The molecule has 3 aromatic rings. The fraction of sp³-hybridized carbons (Fsp3) is 0.379. The van der Waals surface area contributed by atoms with E-state index in [2.05, 4.69) is 11.8 Å². The highest BCUT2D eigenvalue weighted by Gasteiger charge is 2.21. The number of hydrogen-bond acceptors (Lipinski definition) is 5. The van der Waals surface area contributed by atoms with Gasteiger partial charge in [-0.2, -0.15) is 0 Å². The zero-order valence-electron chi connectivity index (χ0n) is 22.2. The summed E-state index contributed by atoms with van der Waals surface area (Å²) < 4.78 is 12.6. The Hall–Kier alpha value is -2.80. The van der Waals surface area contributed by atoms with Crippen molar-refractivity contribution in [1.29, 1.82) is 0 Å². The van der Waals surface area contributed by atoms with Gasteiger partial charge in [0.15, 0.2) is 0 Å². The second-order valence-corrected chi connectivity index (χ2v) is 10.8. The number of esters is 1. The first-order chi connectivity index (χ1) is 17.4. The number of pyridine rings is 1. The molecule has 0 spiro atoms. The zero-order valence-corrected chi connectivity index (χ0v) is 23.7. The number of halogens is 2. The van der Waals surface area contributed by atoms with Gasteiger partial charge in [0.1, 0.15) is 16.4 Å². The topological polar surface area (TPSA) is 60.8 Å². The maximum Gasteiger partial charge on any atom is 0.338 e. The van der Waals surface area contributed by atoms with E-state index in [9.17, 15) is 9.59 Å². The molecule has 0 amide bonds. The van der Waals surface area contributed by atoms with Crippen molar-refractivity contribution in [3.8, 4) is 5.75 Å². The van der Waals surface area contributed by atoms with E-state index in [1.807, 2.05) is 64.2 Å². The minimum Gasteiger partial charge on any atom is -0.496 e. The third kappa shape index (κ3) is 7.37. The molecule has 37 heavy (non-hydrogen) atoms. The number of carbonyl (C=O) groups excluding carboxylic acids is 1. The number of carbonyl (C=O) groups is 1. The highest BCUT2D eigenvalue weighted by molar-refractivity contribution is 6.34. The van der Waals surface area contributed by atoms with E-state index in [-0.39, 0.29) is 22.6 Å². The van der Waals surface area contributed by atoms with E-state index < -0.39 is 5.60 Å². The van der Waals surface area contributed by atoms with Crippen molar-refractivity contribution in [3.63, 3.8) is 0 Å². The first-order valence-electron chi connectivity index (χ1n) is 12.1. The smallest absolute Gasteiger partial charge is 0.338 e. The molecule has 0 radical (unpaired) electrons. The van der Waals surface area contributed by atoms with E-state index in [1.54, 1.807) is 23.8 Å². The number of benzene rings is 2. The van der Waals surface area contributed by atoms with Gasteiger partial charge in [-0.25, -0.2) is 4.79 Å². The molecule has 198 valence electrons. The van der Waals surface area contributed by atoms with Crippen molar-refractivity contribution in [2.45, 2.75) is 58.8 Å². The Morgan fingerprint density at radius 3 is 2.32 bits per heavy atom. The van der Waals surface area contributed by atoms with Crippen LogP contribution in [0.5, 0.6) is 5.75 Å². The summed E-state index contributed by atoms with van der Waals surface area (Å²) >= 11 is 12.8. The van der Waals surface area contributed by atoms with Gasteiger partial charge in [0.25, 0.3) is 5.56 Å². The second kappa shape index (κ2) is 12.2. The molecule has 0 aliphatic carbocycles. The van der Waals surface area contributed by atoms with Crippen LogP contribution >= 0.6 is 23.2 Å². The van der Waals surface area contributed by atoms with Crippen molar-refractivity contribution in [3.05, 3.63) is 97.4 Å². The molecule has 2 aromatic carbocycles. The quantitative estimate of drug-likeness (QED) is 0.285. The molecule has 0 fully saturated rings. The van der Waals surface area contributed by atoms with Crippen LogP contribution in [0.15, 0.2) is 59.4 Å². The maximum absolute atomic E-state index is 13.0. The van der Waals surface area contributed by atoms with Gasteiger partial charge in [-0.3, -0.25) is 9.69 Å². The van der Waals surface area contributed by atoms with Gasteiger partial charge >= 0.3 is 5.97 Å². The molecule has 0 saturated carbocycles. The Morgan fingerprint density at radius 2 is 1.70 bits per heavy atom. The predicted octanol–water partition coefficient (Wildman–Crippen LogP) is 6.55. The standard InChI is InChI=1S/C29H34Cl2N2O4/c1-19(22-9-7-8-10-26(22)36-6)32(5)18-25-23(30)17-24(31)27(34)33(25)16-15-20-11-13-21(14-12-20)28(35)37-29(2,3)4/h7-14,17,19H,15-16,18H2,1-6H3/t19-/m0/s1. The van der Waals surface area contributed by atoms with Crippen molar-refractivity contribution in [1.82, 2.24) is 9.47 Å². The minimum atomic E-state index is -0.560. The lowest BCUT2D eigenvalue weighted by atomic mass is 10.1. The Labute approximate surface area is 228 Å². The number of methoxy groups -OCH3 is 1. The zero-order chi connectivity index (χ0) is 27.3. The number of aromatic nitrogens is 1. The van der Waals surface area contributed by atoms with Crippen molar-refractivity contribution >= 4 is 29.2 Å². The number of ether oxygens (including phenoxy) is 2. The van der Waals surface area contributed by atoms with E-state index in [0.717, 1.165) is 16.9 Å². The monoisotopic (exact) mass is 544 g/mol. The third-order valence-electron chi connectivity index (χ3n) is 6.17. The largest absolute Gasteiger partial charge is 0.496 e. The lowest BCUT2D eigenvalue weighted by Crippen LogP contribution is -2.30. The van der Waals surface area contributed by atoms with Gasteiger partial charge in [-0.05, 0) is 71.0 Å². The molecule has 0 saturated heterocycles. The molecular formula is C29H34Cl2N2O4. The average molecular weight is 546 g/mol. The van der Waals surface area contributed by atoms with Crippen molar-refractivity contribution < 1.29 is 14.3 Å². The fourth-order valence-electron chi connectivity index (χ4n) is 4.04. The highest BCUT2D eigenvalue weighted by atomic mass is 35.5. The van der Waals surface area contributed by atoms with Crippen molar-refractivity contribution in [2.75, 3.05) is 14.2 Å². The minimum absolute atomic E-state index is 0.00634. The van der Waals surface area contributed by atoms with Crippen LogP contribution in [0.25, 0.3) is 0 Å². The summed E-state index contributed by atoms with van der Waals surface area (Å²) in [5.74, 6) is 0.433. The molecule has 1 atom stereocenters. The summed E-state index contributed by atoms with van der Waals surface area (Å²) in [5, 5.41) is 0.512. The van der Waals surface area contributed by atoms with Gasteiger partial charge in [-0.1, -0.05) is 53.5 Å². The first-order valence-corrected chi connectivity index (χ1v) is 12.9. The van der Waals surface area contributed by atoms with Crippen LogP contribution in [0.4, 0.5) is 0 Å². The predicted molar refractivity (Wildman–Crippen MR) is 149 cm³/mol. The van der Waals surface area contributed by atoms with Gasteiger partial charge in [-0.15, -0.1) is 0 Å². The summed E-state index contributed by atoms with van der Waals surface area (Å²) in [6.45, 7) is 8.40. The molecule has 0 unspecified atom stereocenters.